The molecule has 0 aliphatic carbocycles. The molecule has 0 N–H and O–H groups in total. The van der Waals surface area contributed by atoms with E-state index in [0.29, 0.717) is 5.56 Å². The van der Waals surface area contributed by atoms with Crippen molar-refractivity contribution in [2.45, 2.75) is 19.9 Å². The van der Waals surface area contributed by atoms with E-state index in [0.717, 1.165) is 50.6 Å². The van der Waals surface area contributed by atoms with E-state index in [1.54, 1.807) is 17.1 Å². The van der Waals surface area contributed by atoms with Gasteiger partial charge in [0.2, 0.25) is 0 Å². The molecule has 1 fully saturated rings. The fraction of sp³-hybridized carbons (Fsp3) is 0.533. The zero-order valence-electron chi connectivity index (χ0n) is 13.0. The third kappa shape index (κ3) is 3.36. The summed E-state index contributed by atoms with van der Waals surface area (Å²) in [5.74, 6) is 0.894. The molecule has 1 aliphatic rings. The Bertz CT molecular complexity index is 648. The smallest absolute Gasteiger partial charge is 0.257 e. The van der Waals surface area contributed by atoms with Crippen LogP contribution in [0.15, 0.2) is 23.0 Å². The minimum atomic E-state index is 0.0623. The van der Waals surface area contributed by atoms with Crippen molar-refractivity contribution in [2.75, 3.05) is 26.2 Å². The molecule has 0 bridgehead atoms. The molecule has 2 aromatic rings. The van der Waals surface area contributed by atoms with Gasteiger partial charge in [0.15, 0.2) is 0 Å². The minimum absolute atomic E-state index is 0.0623. The normalized spacial score (nSPS) is 16.7. The summed E-state index contributed by atoms with van der Waals surface area (Å²) in [5, 5.41) is 8.11. The molecule has 1 amide bonds. The third-order valence-corrected chi connectivity index (χ3v) is 3.89. The van der Waals surface area contributed by atoms with Crippen molar-refractivity contribution >= 4 is 5.91 Å². The average molecular weight is 303 g/mol. The topological polar surface area (TPSA) is 67.4 Å². The molecule has 1 aliphatic heterocycles. The number of hydrogen-bond donors (Lipinski definition) is 0. The van der Waals surface area contributed by atoms with E-state index in [-0.39, 0.29) is 5.91 Å². The Labute approximate surface area is 129 Å². The Morgan fingerprint density at radius 1 is 1.32 bits per heavy atom. The predicted molar refractivity (Wildman–Crippen MR) is 80.2 cm³/mol. The van der Waals surface area contributed by atoms with E-state index >= 15 is 0 Å². The molecule has 118 valence electrons. The summed E-state index contributed by atoms with van der Waals surface area (Å²) in [5.41, 5.74) is 1.60. The van der Waals surface area contributed by atoms with Gasteiger partial charge in [-0.1, -0.05) is 5.16 Å². The SMILES string of the molecule is Cc1cc(CN2CCCN(C(=O)c3cnn(C)c3)CC2)no1. The fourth-order valence-electron chi connectivity index (χ4n) is 2.77. The van der Waals surface area contributed by atoms with E-state index in [1.807, 2.05) is 24.9 Å². The van der Waals surface area contributed by atoms with E-state index in [9.17, 15) is 4.79 Å². The maximum atomic E-state index is 12.5. The molecule has 3 rings (SSSR count). The largest absolute Gasteiger partial charge is 0.361 e. The van der Waals surface area contributed by atoms with Gasteiger partial charge in [0.1, 0.15) is 5.76 Å². The molecule has 0 spiro atoms. The summed E-state index contributed by atoms with van der Waals surface area (Å²) >= 11 is 0. The van der Waals surface area contributed by atoms with E-state index < -0.39 is 0 Å². The first-order valence-corrected chi connectivity index (χ1v) is 7.54. The first-order valence-electron chi connectivity index (χ1n) is 7.54. The first kappa shape index (κ1) is 14.8. The highest BCUT2D eigenvalue weighted by Crippen LogP contribution is 2.11. The van der Waals surface area contributed by atoms with Crippen LogP contribution in [0.5, 0.6) is 0 Å². The summed E-state index contributed by atoms with van der Waals surface area (Å²) in [4.78, 5) is 16.7. The molecule has 22 heavy (non-hydrogen) atoms. The Hall–Kier alpha value is -2.15. The van der Waals surface area contributed by atoms with Crippen LogP contribution in [0.25, 0.3) is 0 Å². The zero-order valence-corrected chi connectivity index (χ0v) is 13.0. The molecule has 1 saturated heterocycles. The van der Waals surface area contributed by atoms with Crippen LogP contribution in [-0.4, -0.2) is 56.8 Å². The number of carbonyl (C=O) groups is 1. The Morgan fingerprint density at radius 2 is 2.18 bits per heavy atom. The number of carbonyl (C=O) groups excluding carboxylic acids is 1. The van der Waals surface area contributed by atoms with Gasteiger partial charge in [-0.3, -0.25) is 14.4 Å². The number of aryl methyl sites for hydroxylation is 2. The number of rotatable bonds is 3. The molecule has 3 heterocycles. The van der Waals surface area contributed by atoms with Gasteiger partial charge in [-0.25, -0.2) is 0 Å². The van der Waals surface area contributed by atoms with Gasteiger partial charge in [-0.05, 0) is 13.3 Å². The second kappa shape index (κ2) is 6.31. The van der Waals surface area contributed by atoms with Crippen LogP contribution in [-0.2, 0) is 13.6 Å². The standard InChI is InChI=1S/C15H21N5O2/c1-12-8-14(17-22-12)11-19-4-3-5-20(7-6-19)15(21)13-9-16-18(2)10-13/h8-10H,3-7,11H2,1-2H3. The monoisotopic (exact) mass is 303 g/mol. The summed E-state index contributed by atoms with van der Waals surface area (Å²) in [7, 11) is 1.82. The average Bonchev–Trinajstić information content (AvgIpc) is 3.02. The highest BCUT2D eigenvalue weighted by Gasteiger charge is 2.21. The molecule has 0 radical (unpaired) electrons. The molecule has 0 atom stereocenters. The molecule has 7 heteroatoms. The third-order valence-electron chi connectivity index (χ3n) is 3.89. The fourth-order valence-corrected chi connectivity index (χ4v) is 2.77. The van der Waals surface area contributed by atoms with Gasteiger partial charge < -0.3 is 9.42 Å². The van der Waals surface area contributed by atoms with Gasteiger partial charge in [-0.2, -0.15) is 5.10 Å². The quantitative estimate of drug-likeness (QED) is 0.848. The Balaban J connectivity index is 1.58. The lowest BCUT2D eigenvalue weighted by Crippen LogP contribution is -2.35. The van der Waals surface area contributed by atoms with Crippen molar-refractivity contribution in [1.29, 1.82) is 0 Å². The van der Waals surface area contributed by atoms with E-state index in [2.05, 4.69) is 15.2 Å². The van der Waals surface area contributed by atoms with Crippen LogP contribution >= 0.6 is 0 Å². The van der Waals surface area contributed by atoms with Crippen molar-refractivity contribution in [3.63, 3.8) is 0 Å². The molecule has 7 nitrogen and oxygen atoms in total. The number of hydrogen-bond acceptors (Lipinski definition) is 5. The van der Waals surface area contributed by atoms with Crippen molar-refractivity contribution in [2.24, 2.45) is 7.05 Å². The van der Waals surface area contributed by atoms with Gasteiger partial charge in [0.25, 0.3) is 5.91 Å². The molecular formula is C15H21N5O2. The predicted octanol–water partition coefficient (Wildman–Crippen LogP) is 1.06. The molecule has 0 saturated carbocycles. The zero-order chi connectivity index (χ0) is 15.5. The Morgan fingerprint density at radius 3 is 2.86 bits per heavy atom. The first-order chi connectivity index (χ1) is 10.6. The maximum absolute atomic E-state index is 12.5. The Kier molecular flexibility index (Phi) is 4.24. The van der Waals surface area contributed by atoms with Crippen LogP contribution in [0.4, 0.5) is 0 Å². The van der Waals surface area contributed by atoms with Crippen LogP contribution < -0.4 is 0 Å². The maximum Gasteiger partial charge on any atom is 0.257 e. The van der Waals surface area contributed by atoms with E-state index in [4.69, 9.17) is 4.52 Å². The van der Waals surface area contributed by atoms with Gasteiger partial charge in [0, 0.05) is 52.0 Å². The molecule has 0 aromatic carbocycles. The van der Waals surface area contributed by atoms with Crippen molar-refractivity contribution < 1.29 is 9.32 Å². The molecular weight excluding hydrogens is 282 g/mol. The number of aromatic nitrogens is 3. The second-order valence-electron chi connectivity index (χ2n) is 5.75. The van der Waals surface area contributed by atoms with E-state index in [1.165, 1.54) is 0 Å². The van der Waals surface area contributed by atoms with Gasteiger partial charge in [0.05, 0.1) is 17.5 Å². The van der Waals surface area contributed by atoms with Crippen molar-refractivity contribution in [3.8, 4) is 0 Å². The van der Waals surface area contributed by atoms with Gasteiger partial charge >= 0.3 is 0 Å². The lowest BCUT2D eigenvalue weighted by atomic mass is 10.3. The van der Waals surface area contributed by atoms with Crippen LogP contribution in [0, 0.1) is 6.92 Å². The highest BCUT2D eigenvalue weighted by atomic mass is 16.5. The molecule has 0 unspecified atom stereocenters. The minimum Gasteiger partial charge on any atom is -0.361 e. The van der Waals surface area contributed by atoms with Crippen LogP contribution in [0.3, 0.4) is 0 Å². The number of nitrogens with zero attached hydrogens (tertiary/aromatic N) is 5. The summed E-state index contributed by atoms with van der Waals surface area (Å²) in [6.07, 6.45) is 4.36. The van der Waals surface area contributed by atoms with Crippen molar-refractivity contribution in [3.05, 3.63) is 35.5 Å². The highest BCUT2D eigenvalue weighted by molar-refractivity contribution is 5.93. The lowest BCUT2D eigenvalue weighted by Gasteiger charge is -2.20. The van der Waals surface area contributed by atoms with Crippen molar-refractivity contribution in [1.82, 2.24) is 24.7 Å². The van der Waals surface area contributed by atoms with Gasteiger partial charge in [-0.15, -0.1) is 0 Å². The van der Waals surface area contributed by atoms with Crippen LogP contribution in [0.2, 0.25) is 0 Å². The lowest BCUT2D eigenvalue weighted by molar-refractivity contribution is 0.0761. The summed E-state index contributed by atoms with van der Waals surface area (Å²) in [6.45, 7) is 5.98. The second-order valence-corrected chi connectivity index (χ2v) is 5.75. The molecule has 2 aromatic heterocycles. The summed E-state index contributed by atoms with van der Waals surface area (Å²) in [6, 6.07) is 1.96. The van der Waals surface area contributed by atoms with Crippen LogP contribution in [0.1, 0.15) is 28.2 Å². The number of amides is 1. The summed E-state index contributed by atoms with van der Waals surface area (Å²) < 4.78 is 6.76.